The molecule has 2 nitrogen and oxygen atoms in total. The molecule has 19 heavy (non-hydrogen) atoms. The highest BCUT2D eigenvalue weighted by Gasteiger charge is 2.21. The summed E-state index contributed by atoms with van der Waals surface area (Å²) in [7, 11) is 0. The van der Waals surface area contributed by atoms with E-state index in [1.807, 2.05) is 0 Å². The van der Waals surface area contributed by atoms with Gasteiger partial charge in [-0.05, 0) is 50.9 Å². The molecule has 1 heterocycles. The predicted molar refractivity (Wildman–Crippen MR) is 82.4 cm³/mol. The Kier molecular flexibility index (Phi) is 5.41. The van der Waals surface area contributed by atoms with Crippen LogP contribution in [0.25, 0.3) is 0 Å². The summed E-state index contributed by atoms with van der Waals surface area (Å²) in [5, 5.41) is 0. The molecule has 1 aromatic carbocycles. The lowest BCUT2D eigenvalue weighted by Gasteiger charge is -2.33. The van der Waals surface area contributed by atoms with Gasteiger partial charge >= 0.3 is 0 Å². The Hall–Kier alpha value is -0.860. The van der Waals surface area contributed by atoms with Crippen LogP contribution in [0.4, 0.5) is 0 Å². The highest BCUT2D eigenvalue weighted by molar-refractivity contribution is 5.33. The van der Waals surface area contributed by atoms with Gasteiger partial charge in [-0.1, -0.05) is 43.0 Å². The van der Waals surface area contributed by atoms with Gasteiger partial charge in [-0.25, -0.2) is 0 Å². The van der Waals surface area contributed by atoms with Crippen LogP contribution in [0.15, 0.2) is 18.2 Å². The lowest BCUT2D eigenvalue weighted by Crippen LogP contribution is -2.36. The van der Waals surface area contributed by atoms with Crippen LogP contribution >= 0.6 is 0 Å². The number of benzene rings is 1. The van der Waals surface area contributed by atoms with Crippen molar-refractivity contribution in [2.24, 2.45) is 5.73 Å². The van der Waals surface area contributed by atoms with Gasteiger partial charge < -0.3 is 5.73 Å². The zero-order valence-electron chi connectivity index (χ0n) is 12.5. The molecule has 0 radical (unpaired) electrons. The second kappa shape index (κ2) is 7.06. The molecule has 1 aromatic rings. The van der Waals surface area contributed by atoms with Crippen molar-refractivity contribution >= 4 is 0 Å². The van der Waals surface area contributed by atoms with Crippen LogP contribution in [0.5, 0.6) is 0 Å². The highest BCUT2D eigenvalue weighted by Crippen LogP contribution is 2.26. The molecule has 1 aliphatic rings. The number of rotatable bonds is 3. The van der Waals surface area contributed by atoms with E-state index in [4.69, 9.17) is 5.73 Å². The summed E-state index contributed by atoms with van der Waals surface area (Å²) in [6, 6.07) is 7.15. The van der Waals surface area contributed by atoms with Gasteiger partial charge in [0.05, 0.1) is 0 Å². The minimum absolute atomic E-state index is 0.401. The highest BCUT2D eigenvalue weighted by atomic mass is 15.2. The topological polar surface area (TPSA) is 29.3 Å². The molecule has 0 amide bonds. The number of nitrogens with zero attached hydrogens (tertiary/aromatic N) is 1. The van der Waals surface area contributed by atoms with E-state index in [0.717, 1.165) is 6.54 Å². The van der Waals surface area contributed by atoms with E-state index in [9.17, 15) is 0 Å². The van der Waals surface area contributed by atoms with Gasteiger partial charge in [0.2, 0.25) is 0 Å². The first-order valence-electron chi connectivity index (χ1n) is 7.73. The second-order valence-electron chi connectivity index (χ2n) is 5.92. The van der Waals surface area contributed by atoms with Gasteiger partial charge in [0.25, 0.3) is 0 Å². The maximum atomic E-state index is 6.10. The molecule has 0 aromatic heterocycles. The Morgan fingerprint density at radius 2 is 1.68 bits per heavy atom. The third kappa shape index (κ3) is 3.80. The Labute approximate surface area is 118 Å². The SMILES string of the molecule is Cc1ccc(C)c(C(CN)N2CCCCCCC2)c1. The monoisotopic (exact) mass is 260 g/mol. The molecule has 0 aliphatic carbocycles. The van der Waals surface area contributed by atoms with Crippen LogP contribution in [-0.2, 0) is 0 Å². The molecule has 1 aliphatic heterocycles. The van der Waals surface area contributed by atoms with E-state index in [1.165, 1.54) is 61.9 Å². The zero-order valence-corrected chi connectivity index (χ0v) is 12.5. The van der Waals surface area contributed by atoms with Gasteiger partial charge in [0, 0.05) is 12.6 Å². The summed E-state index contributed by atoms with van der Waals surface area (Å²) in [6.07, 6.45) is 6.80. The van der Waals surface area contributed by atoms with E-state index >= 15 is 0 Å². The number of aryl methyl sites for hydroxylation is 2. The average Bonchev–Trinajstić information content (AvgIpc) is 2.36. The normalized spacial score (nSPS) is 19.7. The minimum Gasteiger partial charge on any atom is -0.329 e. The molecule has 0 bridgehead atoms. The molecule has 2 rings (SSSR count). The molecule has 106 valence electrons. The molecule has 0 spiro atoms. The number of hydrogen-bond acceptors (Lipinski definition) is 2. The Balaban J connectivity index is 2.19. The second-order valence-corrected chi connectivity index (χ2v) is 5.92. The van der Waals surface area contributed by atoms with Crippen molar-refractivity contribution in [3.8, 4) is 0 Å². The minimum atomic E-state index is 0.401. The average molecular weight is 260 g/mol. The Morgan fingerprint density at radius 1 is 1.05 bits per heavy atom. The summed E-state index contributed by atoms with van der Waals surface area (Å²) in [6.45, 7) is 7.51. The maximum Gasteiger partial charge on any atom is 0.0473 e. The first-order chi connectivity index (χ1) is 9.22. The number of nitrogens with two attached hydrogens (primary N) is 1. The molecule has 2 N–H and O–H groups in total. The van der Waals surface area contributed by atoms with Crippen molar-refractivity contribution in [2.75, 3.05) is 19.6 Å². The van der Waals surface area contributed by atoms with E-state index in [1.54, 1.807) is 0 Å². The van der Waals surface area contributed by atoms with E-state index in [2.05, 4.69) is 36.9 Å². The van der Waals surface area contributed by atoms with Crippen LogP contribution in [0.1, 0.15) is 54.8 Å². The summed E-state index contributed by atoms with van der Waals surface area (Å²) in [4.78, 5) is 2.61. The lowest BCUT2D eigenvalue weighted by molar-refractivity contribution is 0.183. The predicted octanol–water partition coefficient (Wildman–Crippen LogP) is 3.57. The standard InChI is InChI=1S/C17H28N2/c1-14-8-9-15(2)16(12-14)17(13-18)19-10-6-4-3-5-7-11-19/h8-9,12,17H,3-7,10-11,13,18H2,1-2H3. The van der Waals surface area contributed by atoms with Gasteiger partial charge in [-0.15, -0.1) is 0 Å². The van der Waals surface area contributed by atoms with Crippen molar-refractivity contribution in [1.29, 1.82) is 0 Å². The third-order valence-electron chi connectivity index (χ3n) is 4.35. The van der Waals surface area contributed by atoms with Crippen LogP contribution < -0.4 is 5.73 Å². The summed E-state index contributed by atoms with van der Waals surface area (Å²) < 4.78 is 0. The Bertz CT molecular complexity index is 392. The van der Waals surface area contributed by atoms with E-state index in [0.29, 0.717) is 6.04 Å². The molecule has 1 fully saturated rings. The first-order valence-corrected chi connectivity index (χ1v) is 7.73. The van der Waals surface area contributed by atoms with E-state index in [-0.39, 0.29) is 0 Å². The smallest absolute Gasteiger partial charge is 0.0473 e. The van der Waals surface area contributed by atoms with Gasteiger partial charge in [-0.2, -0.15) is 0 Å². The van der Waals surface area contributed by atoms with Crippen molar-refractivity contribution in [2.45, 2.75) is 52.0 Å². The van der Waals surface area contributed by atoms with Crippen LogP contribution in [0.3, 0.4) is 0 Å². The zero-order chi connectivity index (χ0) is 13.7. The van der Waals surface area contributed by atoms with Crippen molar-refractivity contribution in [1.82, 2.24) is 4.90 Å². The van der Waals surface area contributed by atoms with Gasteiger partial charge in [-0.3, -0.25) is 4.90 Å². The molecular formula is C17H28N2. The summed E-state index contributed by atoms with van der Waals surface area (Å²) >= 11 is 0. The molecule has 0 saturated carbocycles. The first kappa shape index (κ1) is 14.5. The number of hydrogen-bond donors (Lipinski definition) is 1. The molecular weight excluding hydrogens is 232 g/mol. The van der Waals surface area contributed by atoms with Crippen molar-refractivity contribution in [3.63, 3.8) is 0 Å². The van der Waals surface area contributed by atoms with Crippen molar-refractivity contribution in [3.05, 3.63) is 34.9 Å². The molecule has 1 unspecified atom stereocenters. The fourth-order valence-electron chi connectivity index (χ4n) is 3.18. The van der Waals surface area contributed by atoms with Crippen molar-refractivity contribution < 1.29 is 0 Å². The molecule has 2 heteroatoms. The van der Waals surface area contributed by atoms with Crippen LogP contribution in [-0.4, -0.2) is 24.5 Å². The lowest BCUT2D eigenvalue weighted by atomic mass is 9.96. The van der Waals surface area contributed by atoms with E-state index < -0.39 is 0 Å². The fourth-order valence-corrected chi connectivity index (χ4v) is 3.18. The fraction of sp³-hybridized carbons (Fsp3) is 0.647. The Morgan fingerprint density at radius 3 is 2.32 bits per heavy atom. The molecule has 1 atom stereocenters. The largest absolute Gasteiger partial charge is 0.329 e. The quantitative estimate of drug-likeness (QED) is 0.900. The maximum absolute atomic E-state index is 6.10. The van der Waals surface area contributed by atoms with Crippen LogP contribution in [0.2, 0.25) is 0 Å². The van der Waals surface area contributed by atoms with Gasteiger partial charge in [0.15, 0.2) is 0 Å². The van der Waals surface area contributed by atoms with Gasteiger partial charge in [0.1, 0.15) is 0 Å². The summed E-state index contributed by atoms with van der Waals surface area (Å²) in [5.41, 5.74) is 10.3. The van der Waals surface area contributed by atoms with Crippen LogP contribution in [0, 0.1) is 13.8 Å². The number of likely N-dealkylation sites (tertiary alicyclic amines) is 1. The third-order valence-corrected chi connectivity index (χ3v) is 4.35. The summed E-state index contributed by atoms with van der Waals surface area (Å²) in [5.74, 6) is 0. The molecule has 1 saturated heterocycles.